The van der Waals surface area contributed by atoms with Crippen molar-refractivity contribution in [2.24, 2.45) is 5.84 Å². The highest BCUT2D eigenvalue weighted by molar-refractivity contribution is 7.10. The van der Waals surface area contributed by atoms with Crippen LogP contribution in [-0.4, -0.2) is 0 Å². The number of nitrogens with one attached hydrogen (secondary N) is 1. The summed E-state index contributed by atoms with van der Waals surface area (Å²) < 4.78 is 13.2. The standard InChI is InChI=1S/C12H11Cl2FN2S/c13-9-2-1-8(15)5-7(9)6-11(17-16)12-10(14)3-4-18-12/h1-5,11,17H,6,16H2. The maximum atomic E-state index is 13.2. The van der Waals surface area contributed by atoms with Crippen molar-refractivity contribution in [1.29, 1.82) is 0 Å². The van der Waals surface area contributed by atoms with Crippen molar-refractivity contribution in [3.8, 4) is 0 Å². The maximum Gasteiger partial charge on any atom is 0.123 e. The molecule has 0 aliphatic heterocycles. The first-order chi connectivity index (χ1) is 8.61. The summed E-state index contributed by atoms with van der Waals surface area (Å²) in [7, 11) is 0. The smallest absolute Gasteiger partial charge is 0.123 e. The van der Waals surface area contributed by atoms with Crippen LogP contribution in [0.3, 0.4) is 0 Å². The molecule has 1 aromatic heterocycles. The highest BCUT2D eigenvalue weighted by Gasteiger charge is 2.17. The molecule has 0 aliphatic carbocycles. The molecule has 0 fully saturated rings. The van der Waals surface area contributed by atoms with Crippen molar-refractivity contribution in [3.05, 3.63) is 55.9 Å². The van der Waals surface area contributed by atoms with E-state index in [4.69, 9.17) is 29.0 Å². The summed E-state index contributed by atoms with van der Waals surface area (Å²) in [4.78, 5) is 0.916. The molecule has 0 spiro atoms. The van der Waals surface area contributed by atoms with Gasteiger partial charge < -0.3 is 0 Å². The van der Waals surface area contributed by atoms with Crippen LogP contribution in [0.2, 0.25) is 10.0 Å². The largest absolute Gasteiger partial charge is 0.271 e. The van der Waals surface area contributed by atoms with E-state index >= 15 is 0 Å². The third kappa shape index (κ3) is 3.02. The van der Waals surface area contributed by atoms with Gasteiger partial charge in [-0.1, -0.05) is 23.2 Å². The van der Waals surface area contributed by atoms with Crippen molar-refractivity contribution < 1.29 is 4.39 Å². The second kappa shape index (κ2) is 5.99. The molecular formula is C12H11Cl2FN2S. The van der Waals surface area contributed by atoms with Gasteiger partial charge >= 0.3 is 0 Å². The fourth-order valence-corrected chi connectivity index (χ4v) is 3.15. The van der Waals surface area contributed by atoms with Gasteiger partial charge in [0, 0.05) is 9.90 Å². The average molecular weight is 305 g/mol. The molecule has 1 unspecified atom stereocenters. The maximum absolute atomic E-state index is 13.2. The van der Waals surface area contributed by atoms with Gasteiger partial charge in [-0.2, -0.15) is 0 Å². The summed E-state index contributed by atoms with van der Waals surface area (Å²) in [5.74, 6) is 5.21. The van der Waals surface area contributed by atoms with Gasteiger partial charge in [0.2, 0.25) is 0 Å². The van der Waals surface area contributed by atoms with E-state index in [2.05, 4.69) is 5.43 Å². The Labute approximate surface area is 118 Å². The summed E-state index contributed by atoms with van der Waals surface area (Å²) in [5.41, 5.74) is 3.38. The van der Waals surface area contributed by atoms with Crippen molar-refractivity contribution in [1.82, 2.24) is 5.43 Å². The van der Waals surface area contributed by atoms with E-state index in [0.717, 1.165) is 4.88 Å². The summed E-state index contributed by atoms with van der Waals surface area (Å²) in [6, 6.07) is 5.90. The molecule has 3 N–H and O–H groups in total. The minimum atomic E-state index is -0.317. The summed E-state index contributed by atoms with van der Waals surface area (Å²) in [5, 5.41) is 3.05. The lowest BCUT2D eigenvalue weighted by molar-refractivity contribution is 0.557. The van der Waals surface area contributed by atoms with Gasteiger partial charge in [0.15, 0.2) is 0 Å². The molecule has 6 heteroatoms. The Bertz CT molecular complexity index is 545. The number of hydrogen-bond acceptors (Lipinski definition) is 3. The molecule has 2 rings (SSSR count). The number of nitrogens with two attached hydrogens (primary N) is 1. The summed E-state index contributed by atoms with van der Waals surface area (Å²) in [6.07, 6.45) is 0.479. The molecule has 0 bridgehead atoms. The van der Waals surface area contributed by atoms with Crippen LogP contribution >= 0.6 is 34.5 Å². The van der Waals surface area contributed by atoms with Crippen LogP contribution in [0.4, 0.5) is 4.39 Å². The highest BCUT2D eigenvalue weighted by atomic mass is 35.5. The average Bonchev–Trinajstić information content (AvgIpc) is 2.77. The molecule has 0 saturated heterocycles. The van der Waals surface area contributed by atoms with Crippen LogP contribution in [-0.2, 0) is 6.42 Å². The Balaban J connectivity index is 2.26. The van der Waals surface area contributed by atoms with Crippen LogP contribution in [0.5, 0.6) is 0 Å². The Kier molecular flexibility index (Phi) is 4.59. The Hall–Kier alpha value is -0.650. The molecular weight excluding hydrogens is 294 g/mol. The van der Waals surface area contributed by atoms with Crippen LogP contribution in [0.25, 0.3) is 0 Å². The monoisotopic (exact) mass is 304 g/mol. The number of hydrazine groups is 1. The van der Waals surface area contributed by atoms with Crippen LogP contribution in [0.15, 0.2) is 29.6 Å². The van der Waals surface area contributed by atoms with Gasteiger partial charge in [-0.25, -0.2) is 4.39 Å². The molecule has 0 radical (unpaired) electrons. The zero-order chi connectivity index (χ0) is 13.1. The Morgan fingerprint density at radius 1 is 1.28 bits per heavy atom. The van der Waals surface area contributed by atoms with Crippen molar-refractivity contribution >= 4 is 34.5 Å². The number of hydrogen-bond donors (Lipinski definition) is 2. The minimum absolute atomic E-state index is 0.184. The fourth-order valence-electron chi connectivity index (χ4n) is 1.70. The third-order valence-corrected chi connectivity index (χ3v) is 4.44. The zero-order valence-corrected chi connectivity index (χ0v) is 11.6. The third-order valence-electron chi connectivity index (χ3n) is 2.59. The molecule has 0 saturated carbocycles. The predicted octanol–water partition coefficient (Wildman–Crippen LogP) is 3.94. The predicted molar refractivity (Wildman–Crippen MR) is 74.5 cm³/mol. The molecule has 2 aromatic rings. The van der Waals surface area contributed by atoms with Crippen LogP contribution < -0.4 is 11.3 Å². The van der Waals surface area contributed by atoms with E-state index in [1.54, 1.807) is 6.07 Å². The lowest BCUT2D eigenvalue weighted by Crippen LogP contribution is -2.29. The van der Waals surface area contributed by atoms with Gasteiger partial charge in [0.25, 0.3) is 0 Å². The fraction of sp³-hybridized carbons (Fsp3) is 0.167. The first-order valence-corrected chi connectivity index (χ1v) is 6.88. The minimum Gasteiger partial charge on any atom is -0.271 e. The van der Waals surface area contributed by atoms with Gasteiger partial charge in [0.05, 0.1) is 11.1 Å². The molecule has 18 heavy (non-hydrogen) atoms. The van der Waals surface area contributed by atoms with Gasteiger partial charge in [0.1, 0.15) is 5.82 Å². The van der Waals surface area contributed by atoms with E-state index in [1.165, 1.54) is 29.5 Å². The number of halogens is 3. The number of benzene rings is 1. The molecule has 0 amide bonds. The number of rotatable bonds is 4. The van der Waals surface area contributed by atoms with Gasteiger partial charge in [-0.05, 0) is 41.6 Å². The normalized spacial score (nSPS) is 12.7. The second-order valence-electron chi connectivity index (χ2n) is 3.79. The van der Waals surface area contributed by atoms with Crippen molar-refractivity contribution in [2.75, 3.05) is 0 Å². The van der Waals surface area contributed by atoms with Crippen molar-refractivity contribution in [3.63, 3.8) is 0 Å². The van der Waals surface area contributed by atoms with E-state index in [-0.39, 0.29) is 11.9 Å². The second-order valence-corrected chi connectivity index (χ2v) is 5.55. The highest BCUT2D eigenvalue weighted by Crippen LogP contribution is 2.31. The topological polar surface area (TPSA) is 38.0 Å². The molecule has 1 aromatic carbocycles. The molecule has 0 aliphatic rings. The molecule has 1 atom stereocenters. The van der Waals surface area contributed by atoms with E-state index in [9.17, 15) is 4.39 Å². The lowest BCUT2D eigenvalue weighted by Gasteiger charge is -2.16. The SMILES string of the molecule is NNC(Cc1cc(F)ccc1Cl)c1sccc1Cl. The van der Waals surface area contributed by atoms with Crippen molar-refractivity contribution in [2.45, 2.75) is 12.5 Å². The number of thiophene rings is 1. The Morgan fingerprint density at radius 3 is 2.67 bits per heavy atom. The lowest BCUT2D eigenvalue weighted by atomic mass is 10.0. The molecule has 2 nitrogen and oxygen atoms in total. The van der Waals surface area contributed by atoms with Crippen LogP contribution in [0, 0.1) is 5.82 Å². The van der Waals surface area contributed by atoms with Gasteiger partial charge in [-0.15, -0.1) is 11.3 Å². The first-order valence-electron chi connectivity index (χ1n) is 5.24. The van der Waals surface area contributed by atoms with E-state index in [0.29, 0.717) is 22.0 Å². The van der Waals surface area contributed by atoms with Crippen LogP contribution in [0.1, 0.15) is 16.5 Å². The zero-order valence-electron chi connectivity index (χ0n) is 9.29. The molecule has 1 heterocycles. The van der Waals surface area contributed by atoms with Gasteiger partial charge in [-0.3, -0.25) is 11.3 Å². The molecule has 96 valence electrons. The van der Waals surface area contributed by atoms with E-state index in [1.807, 2.05) is 5.38 Å². The Morgan fingerprint density at radius 2 is 2.06 bits per heavy atom. The first kappa shape index (κ1) is 13.8. The quantitative estimate of drug-likeness (QED) is 0.663. The van der Waals surface area contributed by atoms with E-state index < -0.39 is 0 Å². The summed E-state index contributed by atoms with van der Waals surface area (Å²) >= 11 is 13.6. The summed E-state index contributed by atoms with van der Waals surface area (Å²) in [6.45, 7) is 0.